The molecule has 0 aliphatic heterocycles. The molecule has 0 saturated carbocycles. The van der Waals surface area contributed by atoms with Gasteiger partial charge >= 0.3 is 6.03 Å². The summed E-state index contributed by atoms with van der Waals surface area (Å²) in [6, 6.07) is 2.01. The lowest BCUT2D eigenvalue weighted by atomic mass is 10.1. The fraction of sp³-hybridized carbons (Fsp3) is 0.0769. The van der Waals surface area contributed by atoms with E-state index in [0.717, 1.165) is 0 Å². The monoisotopic (exact) mass is 317 g/mol. The number of benzene rings is 1. The van der Waals surface area contributed by atoms with Gasteiger partial charge in [0.05, 0.1) is 6.54 Å². The van der Waals surface area contributed by atoms with Crippen molar-refractivity contribution in [1.29, 1.82) is 0 Å². The second-order valence-electron chi connectivity index (χ2n) is 4.09. The molecule has 0 radical (unpaired) electrons. The first-order valence-electron chi connectivity index (χ1n) is 5.87. The Labute approximate surface area is 121 Å². The molecular formula is C13H8F5N3O. The third kappa shape index (κ3) is 3.13. The van der Waals surface area contributed by atoms with Crippen LogP contribution in [0.4, 0.5) is 32.4 Å². The Morgan fingerprint density at radius 2 is 1.41 bits per heavy atom. The molecule has 4 nitrogen and oxygen atoms in total. The Kier molecular flexibility index (Phi) is 4.54. The van der Waals surface area contributed by atoms with Gasteiger partial charge in [-0.05, 0) is 12.1 Å². The number of rotatable bonds is 3. The summed E-state index contributed by atoms with van der Waals surface area (Å²) < 4.78 is 65.6. The van der Waals surface area contributed by atoms with Gasteiger partial charge in [-0.1, -0.05) is 0 Å². The number of nitrogens with one attached hydrogen (secondary N) is 2. The van der Waals surface area contributed by atoms with Crippen LogP contribution in [0.5, 0.6) is 0 Å². The molecule has 0 atom stereocenters. The molecule has 116 valence electrons. The number of anilines is 1. The van der Waals surface area contributed by atoms with Crippen LogP contribution in [-0.2, 0) is 6.54 Å². The molecule has 0 saturated heterocycles. The third-order valence-electron chi connectivity index (χ3n) is 2.66. The standard InChI is InChI=1S/C13H8F5N3O/c14-8-7(9(15)11(17)12(18)10(8)16)5-20-13(22)21-6-1-3-19-4-2-6/h1-4H,5H2,(H2,19,20,21,22). The zero-order chi connectivity index (χ0) is 16.3. The maximum Gasteiger partial charge on any atom is 0.319 e. The normalized spacial score (nSPS) is 10.4. The molecule has 0 spiro atoms. The number of urea groups is 1. The van der Waals surface area contributed by atoms with Crippen LogP contribution in [0, 0.1) is 29.1 Å². The van der Waals surface area contributed by atoms with Crippen molar-refractivity contribution >= 4 is 11.7 Å². The highest BCUT2D eigenvalue weighted by molar-refractivity contribution is 5.89. The lowest BCUT2D eigenvalue weighted by Gasteiger charge is -2.10. The van der Waals surface area contributed by atoms with E-state index in [2.05, 4.69) is 10.3 Å². The molecule has 2 rings (SSSR count). The fourth-order valence-electron chi connectivity index (χ4n) is 1.58. The summed E-state index contributed by atoms with van der Waals surface area (Å²) in [6.45, 7) is -0.872. The van der Waals surface area contributed by atoms with E-state index in [1.807, 2.05) is 5.32 Å². The zero-order valence-electron chi connectivity index (χ0n) is 10.8. The highest BCUT2D eigenvalue weighted by Crippen LogP contribution is 2.22. The van der Waals surface area contributed by atoms with E-state index < -0.39 is 47.2 Å². The lowest BCUT2D eigenvalue weighted by molar-refractivity contribution is 0.251. The first-order chi connectivity index (χ1) is 10.4. The summed E-state index contributed by atoms with van der Waals surface area (Å²) >= 11 is 0. The maximum atomic E-state index is 13.4. The number of nitrogens with zero attached hydrogens (tertiary/aromatic N) is 1. The number of amides is 2. The number of pyridine rings is 1. The Bertz CT molecular complexity index is 680. The van der Waals surface area contributed by atoms with Gasteiger partial charge in [0.2, 0.25) is 5.82 Å². The van der Waals surface area contributed by atoms with Crippen molar-refractivity contribution in [2.45, 2.75) is 6.54 Å². The van der Waals surface area contributed by atoms with Crippen molar-refractivity contribution in [3.8, 4) is 0 Å². The Balaban J connectivity index is 2.10. The number of halogens is 5. The topological polar surface area (TPSA) is 54.0 Å². The third-order valence-corrected chi connectivity index (χ3v) is 2.66. The van der Waals surface area contributed by atoms with Crippen LogP contribution in [0.2, 0.25) is 0 Å². The van der Waals surface area contributed by atoms with Crippen LogP contribution < -0.4 is 10.6 Å². The molecule has 1 aromatic heterocycles. The maximum absolute atomic E-state index is 13.4. The molecule has 1 aromatic carbocycles. The molecule has 0 fully saturated rings. The summed E-state index contributed by atoms with van der Waals surface area (Å²) in [6.07, 6.45) is 2.78. The molecule has 2 N–H and O–H groups in total. The van der Waals surface area contributed by atoms with Gasteiger partial charge in [-0.2, -0.15) is 0 Å². The largest absolute Gasteiger partial charge is 0.334 e. The van der Waals surface area contributed by atoms with E-state index >= 15 is 0 Å². The molecule has 9 heteroatoms. The zero-order valence-corrected chi connectivity index (χ0v) is 10.8. The SMILES string of the molecule is O=C(NCc1c(F)c(F)c(F)c(F)c1F)Nc1ccncc1. The number of hydrogen-bond donors (Lipinski definition) is 2. The lowest BCUT2D eigenvalue weighted by Crippen LogP contribution is -2.29. The average molecular weight is 317 g/mol. The van der Waals surface area contributed by atoms with E-state index in [-0.39, 0.29) is 0 Å². The van der Waals surface area contributed by atoms with E-state index in [1.165, 1.54) is 24.5 Å². The number of carbonyl (C=O) groups excluding carboxylic acids is 1. The molecule has 0 aliphatic rings. The molecule has 2 amide bonds. The molecule has 0 unspecified atom stereocenters. The molecule has 2 aromatic rings. The van der Waals surface area contributed by atoms with Crippen LogP contribution >= 0.6 is 0 Å². The Hall–Kier alpha value is -2.71. The highest BCUT2D eigenvalue weighted by Gasteiger charge is 2.25. The predicted molar refractivity (Wildman–Crippen MR) is 66.3 cm³/mol. The van der Waals surface area contributed by atoms with E-state index in [9.17, 15) is 26.7 Å². The summed E-state index contributed by atoms with van der Waals surface area (Å²) in [5, 5.41) is 4.29. The van der Waals surface area contributed by atoms with E-state index in [4.69, 9.17) is 0 Å². The van der Waals surface area contributed by atoms with Crippen LogP contribution in [0.3, 0.4) is 0 Å². The van der Waals surface area contributed by atoms with Gasteiger partial charge in [-0.15, -0.1) is 0 Å². The van der Waals surface area contributed by atoms with Crippen LogP contribution in [0.25, 0.3) is 0 Å². The predicted octanol–water partition coefficient (Wildman–Crippen LogP) is 3.10. The van der Waals surface area contributed by atoms with Crippen molar-refractivity contribution in [3.63, 3.8) is 0 Å². The van der Waals surface area contributed by atoms with E-state index in [0.29, 0.717) is 5.69 Å². The van der Waals surface area contributed by atoms with Gasteiger partial charge in [0.1, 0.15) is 0 Å². The second kappa shape index (κ2) is 6.37. The summed E-state index contributed by atoms with van der Waals surface area (Å²) in [4.78, 5) is 15.2. The van der Waals surface area contributed by atoms with Gasteiger partial charge in [-0.3, -0.25) is 4.98 Å². The minimum atomic E-state index is -2.25. The fourth-order valence-corrected chi connectivity index (χ4v) is 1.58. The van der Waals surface area contributed by atoms with Gasteiger partial charge < -0.3 is 10.6 Å². The number of carbonyl (C=O) groups is 1. The van der Waals surface area contributed by atoms with Crippen molar-refractivity contribution < 1.29 is 26.7 Å². The Morgan fingerprint density at radius 1 is 0.909 bits per heavy atom. The van der Waals surface area contributed by atoms with E-state index in [1.54, 1.807) is 0 Å². The van der Waals surface area contributed by atoms with Gasteiger partial charge in [0, 0.05) is 23.6 Å². The number of hydrogen-bond acceptors (Lipinski definition) is 2. The molecule has 0 aliphatic carbocycles. The van der Waals surface area contributed by atoms with Crippen molar-refractivity contribution in [2.24, 2.45) is 0 Å². The van der Waals surface area contributed by atoms with Crippen molar-refractivity contribution in [2.75, 3.05) is 5.32 Å². The highest BCUT2D eigenvalue weighted by atomic mass is 19.2. The van der Waals surface area contributed by atoms with Crippen LogP contribution in [0.15, 0.2) is 24.5 Å². The first-order valence-corrected chi connectivity index (χ1v) is 5.87. The minimum Gasteiger partial charge on any atom is -0.334 e. The summed E-state index contributed by atoms with van der Waals surface area (Å²) in [7, 11) is 0. The van der Waals surface area contributed by atoms with Crippen molar-refractivity contribution in [1.82, 2.24) is 10.3 Å². The number of aromatic nitrogens is 1. The average Bonchev–Trinajstić information content (AvgIpc) is 2.52. The second-order valence-corrected chi connectivity index (χ2v) is 4.09. The van der Waals surface area contributed by atoms with Gasteiger partial charge in [0.25, 0.3) is 0 Å². The Morgan fingerprint density at radius 3 is 1.95 bits per heavy atom. The smallest absolute Gasteiger partial charge is 0.319 e. The summed E-state index contributed by atoms with van der Waals surface area (Å²) in [5.74, 6) is -10.4. The summed E-state index contributed by atoms with van der Waals surface area (Å²) in [5.41, 5.74) is -0.786. The van der Waals surface area contributed by atoms with Gasteiger partial charge in [-0.25, -0.2) is 26.7 Å². The first kappa shape index (κ1) is 15.7. The molecular weight excluding hydrogens is 309 g/mol. The minimum absolute atomic E-state index is 0.338. The van der Waals surface area contributed by atoms with Crippen LogP contribution in [0.1, 0.15) is 5.56 Å². The molecule has 22 heavy (non-hydrogen) atoms. The van der Waals surface area contributed by atoms with Gasteiger partial charge in [0.15, 0.2) is 23.3 Å². The van der Waals surface area contributed by atoms with Crippen LogP contribution in [-0.4, -0.2) is 11.0 Å². The molecule has 0 bridgehead atoms. The van der Waals surface area contributed by atoms with Crippen molar-refractivity contribution in [3.05, 3.63) is 59.2 Å². The molecule has 1 heterocycles. The quantitative estimate of drug-likeness (QED) is 0.519.